The maximum absolute atomic E-state index is 14.8. The van der Waals surface area contributed by atoms with Crippen LogP contribution in [-0.4, -0.2) is 21.6 Å². The molecule has 0 amide bonds. The summed E-state index contributed by atoms with van der Waals surface area (Å²) in [5, 5.41) is 0. The van der Waals surface area contributed by atoms with Gasteiger partial charge in [0.05, 0.1) is 0 Å². The number of hydrogen-bond acceptors (Lipinski definition) is 0. The Morgan fingerprint density at radius 2 is 1.95 bits per heavy atom. The highest BCUT2D eigenvalue weighted by Crippen LogP contribution is 2.38. The number of terminal acetylenes is 1. The second-order valence-corrected chi connectivity index (χ2v) is 5.02. The maximum Gasteiger partial charge on any atom is 0.738 e. The van der Waals surface area contributed by atoms with Crippen LogP contribution >= 0.6 is 0 Å². The van der Waals surface area contributed by atoms with Crippen LogP contribution < -0.4 is 0 Å². The molecular weight excluding hydrogens is 245 g/mol. The van der Waals surface area contributed by atoms with Crippen molar-refractivity contribution in [3.63, 3.8) is 0 Å². The van der Waals surface area contributed by atoms with Crippen molar-refractivity contribution in [2.75, 3.05) is 0 Å². The highest BCUT2D eigenvalue weighted by Gasteiger charge is 2.53. The first kappa shape index (κ1) is 12.0. The molecule has 5 heteroatoms. The van der Waals surface area contributed by atoms with E-state index < -0.39 is 6.97 Å². The average Bonchev–Trinajstić information content (AvgIpc) is 2.88. The second kappa shape index (κ2) is 3.48. The van der Waals surface area contributed by atoms with Gasteiger partial charge < -0.3 is 17.6 Å². The fourth-order valence-electron chi connectivity index (χ4n) is 3.14. The van der Waals surface area contributed by atoms with Crippen molar-refractivity contribution in [1.29, 1.82) is 0 Å². The summed E-state index contributed by atoms with van der Waals surface area (Å²) in [5.41, 5.74) is 3.59. The molecule has 3 rings (SSSR count). The van der Waals surface area contributed by atoms with Crippen molar-refractivity contribution in [3.8, 4) is 12.3 Å². The number of halogens is 2. The number of hydrogen-bond donors (Lipinski definition) is 0. The first-order valence-corrected chi connectivity index (χ1v) is 6.12. The van der Waals surface area contributed by atoms with E-state index in [9.17, 15) is 8.63 Å². The summed E-state index contributed by atoms with van der Waals surface area (Å²) in [6.07, 6.45) is 8.58. The van der Waals surface area contributed by atoms with Crippen LogP contribution in [0.25, 0.3) is 5.57 Å². The van der Waals surface area contributed by atoms with Gasteiger partial charge in [0.15, 0.2) is 5.70 Å². The van der Waals surface area contributed by atoms with E-state index in [2.05, 4.69) is 5.92 Å². The van der Waals surface area contributed by atoms with Crippen molar-refractivity contribution in [1.82, 2.24) is 4.48 Å². The highest BCUT2D eigenvalue weighted by molar-refractivity contribution is 6.58. The Balaban J connectivity index is 2.47. The van der Waals surface area contributed by atoms with E-state index in [4.69, 9.17) is 6.42 Å². The largest absolute Gasteiger partial charge is 0.738 e. The van der Waals surface area contributed by atoms with Gasteiger partial charge >= 0.3 is 6.97 Å². The second-order valence-electron chi connectivity index (χ2n) is 5.02. The van der Waals surface area contributed by atoms with Crippen molar-refractivity contribution in [2.24, 2.45) is 0 Å². The third-order valence-corrected chi connectivity index (χ3v) is 3.85. The molecule has 1 aromatic heterocycles. The molecule has 0 N–H and O–H groups in total. The van der Waals surface area contributed by atoms with E-state index in [1.807, 2.05) is 13.8 Å². The summed E-state index contributed by atoms with van der Waals surface area (Å²) in [5.74, 6) is 2.34. The lowest BCUT2D eigenvalue weighted by molar-refractivity contribution is -0.360. The van der Waals surface area contributed by atoms with Gasteiger partial charge in [-0.2, -0.15) is 0 Å². The molecular formula is C14H13BF2N2. The Kier molecular flexibility index (Phi) is 2.19. The molecule has 96 valence electrons. The fourth-order valence-corrected chi connectivity index (χ4v) is 3.14. The topological polar surface area (TPSA) is 7.94 Å². The molecule has 19 heavy (non-hydrogen) atoms. The lowest BCUT2D eigenvalue weighted by atomic mass is 9.88. The van der Waals surface area contributed by atoms with Gasteiger partial charge in [0.25, 0.3) is 0 Å². The molecule has 0 saturated carbocycles. The van der Waals surface area contributed by atoms with Crippen LogP contribution in [0, 0.1) is 26.2 Å². The van der Waals surface area contributed by atoms with Gasteiger partial charge in [-0.15, -0.1) is 6.42 Å². The predicted octanol–water partition coefficient (Wildman–Crippen LogP) is 2.73. The lowest BCUT2D eigenvalue weighted by Gasteiger charge is -2.31. The van der Waals surface area contributed by atoms with Crippen LogP contribution in [0.1, 0.15) is 23.9 Å². The number of aromatic nitrogens is 1. The van der Waals surface area contributed by atoms with Crippen LogP contribution in [0.4, 0.5) is 8.63 Å². The summed E-state index contributed by atoms with van der Waals surface area (Å²) in [6, 6.07) is 1.79. The Morgan fingerprint density at radius 1 is 1.26 bits per heavy atom. The van der Waals surface area contributed by atoms with Gasteiger partial charge in [-0.25, -0.2) is 0 Å². The van der Waals surface area contributed by atoms with Crippen molar-refractivity contribution in [2.45, 2.75) is 20.8 Å². The third kappa shape index (κ3) is 1.29. The minimum atomic E-state index is -3.92. The quantitative estimate of drug-likeness (QED) is 0.499. The number of nitrogens with zero attached hydrogens (tertiary/aromatic N) is 2. The molecule has 0 radical (unpaired) electrons. The number of rotatable bonds is 0. The molecule has 3 heterocycles. The van der Waals surface area contributed by atoms with Gasteiger partial charge in [0.2, 0.25) is 5.71 Å². The Morgan fingerprint density at radius 3 is 2.58 bits per heavy atom. The summed E-state index contributed by atoms with van der Waals surface area (Å²) >= 11 is 0. The average molecular weight is 258 g/mol. The molecule has 0 spiro atoms. The molecule has 0 aliphatic carbocycles. The number of allylic oxidation sites excluding steroid dienone is 3. The molecule has 2 nitrogen and oxygen atoms in total. The lowest BCUT2D eigenvalue weighted by Crippen LogP contribution is -2.51. The molecule has 0 saturated heterocycles. The van der Waals surface area contributed by atoms with E-state index in [1.54, 1.807) is 25.1 Å². The van der Waals surface area contributed by atoms with Gasteiger partial charge in [-0.3, -0.25) is 0 Å². The predicted molar refractivity (Wildman–Crippen MR) is 73.1 cm³/mol. The van der Waals surface area contributed by atoms with Crippen LogP contribution in [-0.2, 0) is 0 Å². The van der Waals surface area contributed by atoms with Gasteiger partial charge in [0, 0.05) is 23.4 Å². The molecule has 2 aliphatic rings. The highest BCUT2D eigenvalue weighted by atomic mass is 19.2. The molecule has 2 aliphatic heterocycles. The van der Waals surface area contributed by atoms with Crippen molar-refractivity contribution in [3.05, 3.63) is 40.9 Å². The van der Waals surface area contributed by atoms with Crippen molar-refractivity contribution < 1.29 is 13.1 Å². The van der Waals surface area contributed by atoms with Crippen LogP contribution in [0.2, 0.25) is 0 Å². The minimum absolute atomic E-state index is 0.218. The summed E-state index contributed by atoms with van der Waals surface area (Å²) in [6.45, 7) is 1.49. The Labute approximate surface area is 110 Å². The summed E-state index contributed by atoms with van der Waals surface area (Å²) in [7, 11) is 0. The minimum Gasteiger partial charge on any atom is -0.394 e. The van der Waals surface area contributed by atoms with Crippen LogP contribution in [0.3, 0.4) is 0 Å². The van der Waals surface area contributed by atoms with E-state index in [-0.39, 0.29) is 5.71 Å². The van der Waals surface area contributed by atoms with E-state index in [1.165, 1.54) is 0 Å². The van der Waals surface area contributed by atoms with Gasteiger partial charge in [0.1, 0.15) is 0 Å². The third-order valence-electron chi connectivity index (χ3n) is 3.85. The zero-order valence-corrected chi connectivity index (χ0v) is 11.0. The standard InChI is InChI=1S/C14H13BF2N2/c1-5-12-6-7-13-11(4)14-9(2)8-10(3)18(14)15(16,17)19(12)13/h1,6-8H,2-4H3. The Hall–Kier alpha value is -2.09. The first-order valence-electron chi connectivity index (χ1n) is 6.12. The molecule has 1 aromatic rings. The summed E-state index contributed by atoms with van der Waals surface area (Å²) < 4.78 is 31.7. The zero-order valence-electron chi connectivity index (χ0n) is 11.0. The molecule has 0 bridgehead atoms. The monoisotopic (exact) mass is 258 g/mol. The zero-order chi connectivity index (χ0) is 13.9. The number of aryl methyl sites for hydroxylation is 2. The first-order chi connectivity index (χ1) is 8.89. The fraction of sp³-hybridized carbons (Fsp3) is 0.214. The van der Waals surface area contributed by atoms with Crippen molar-refractivity contribution >= 4 is 18.3 Å². The van der Waals surface area contributed by atoms with Gasteiger partial charge in [-0.05, 0) is 44.0 Å². The van der Waals surface area contributed by atoms with E-state index >= 15 is 0 Å². The summed E-state index contributed by atoms with van der Waals surface area (Å²) in [4.78, 5) is 0. The molecule has 0 unspecified atom stereocenters. The smallest absolute Gasteiger partial charge is 0.394 e. The maximum atomic E-state index is 14.8. The van der Waals surface area contributed by atoms with Gasteiger partial charge in [-0.1, -0.05) is 0 Å². The number of fused-ring (bicyclic) bond motifs is 2. The van der Waals surface area contributed by atoms with Crippen LogP contribution in [0.15, 0.2) is 23.9 Å². The van der Waals surface area contributed by atoms with E-state index in [0.717, 1.165) is 20.1 Å². The molecule has 0 atom stereocenters. The Bertz CT molecular complexity index is 742. The SMILES string of the molecule is C#CC1=[N+]2C(=C(C)c3c(C)cc(C)n3[B-]2(F)F)C=C1. The normalized spacial score (nSPS) is 19.6. The van der Waals surface area contributed by atoms with Crippen LogP contribution in [0.5, 0.6) is 0 Å². The molecule has 0 aromatic carbocycles. The molecule has 0 fully saturated rings. The van der Waals surface area contributed by atoms with E-state index in [0.29, 0.717) is 17.1 Å².